The molecule has 2 bridgehead atoms. The van der Waals surface area contributed by atoms with E-state index in [1.54, 1.807) is 11.2 Å². The molecule has 2 saturated heterocycles. The van der Waals surface area contributed by atoms with Gasteiger partial charge in [-0.25, -0.2) is 8.42 Å². The van der Waals surface area contributed by atoms with E-state index in [1.807, 2.05) is 4.90 Å². The molecule has 1 aromatic heterocycles. The molecule has 1 saturated carbocycles. The van der Waals surface area contributed by atoms with Gasteiger partial charge in [0.2, 0.25) is 10.0 Å². The molecule has 22 heavy (non-hydrogen) atoms. The van der Waals surface area contributed by atoms with E-state index in [0.717, 1.165) is 25.7 Å². The number of piperazine rings is 1. The Bertz CT molecular complexity index is 695. The number of nitrogens with zero attached hydrogens (tertiary/aromatic N) is 3. The first kappa shape index (κ1) is 14.2. The number of aromatic nitrogens is 1. The van der Waals surface area contributed by atoms with E-state index < -0.39 is 10.0 Å². The number of rotatable bonds is 3. The second kappa shape index (κ2) is 4.79. The fraction of sp³-hybridized carbons (Fsp3) is 0.714. The van der Waals surface area contributed by atoms with Gasteiger partial charge in [-0.1, -0.05) is 5.16 Å². The Balaban J connectivity index is 1.56. The highest BCUT2D eigenvalue weighted by atomic mass is 32.2. The van der Waals surface area contributed by atoms with Crippen molar-refractivity contribution in [2.75, 3.05) is 13.1 Å². The fourth-order valence-corrected chi connectivity index (χ4v) is 5.54. The zero-order valence-electron chi connectivity index (χ0n) is 12.4. The third kappa shape index (κ3) is 2.08. The Morgan fingerprint density at radius 1 is 1.23 bits per heavy atom. The number of carbonyl (C=O) groups excluding carboxylic acids is 1. The molecule has 0 spiro atoms. The van der Waals surface area contributed by atoms with Crippen LogP contribution in [-0.2, 0) is 10.0 Å². The van der Waals surface area contributed by atoms with Gasteiger partial charge in [-0.3, -0.25) is 4.79 Å². The number of aryl methyl sites for hydroxylation is 1. The Hall–Kier alpha value is -1.41. The molecule has 1 amide bonds. The summed E-state index contributed by atoms with van der Waals surface area (Å²) in [5, 5.41) is 3.48. The summed E-state index contributed by atoms with van der Waals surface area (Å²) in [5.74, 6) is 0.423. The summed E-state index contributed by atoms with van der Waals surface area (Å²) in [6.07, 6.45) is 4.71. The standard InChI is InChI=1S/C14H19N3O4S/c1-9-13(6-15-21-9)14(18)17-10-2-3-11(17)8-16(7-10)22(19,20)12-4-5-12/h6,10-12H,2-5,7-8H2,1H3. The third-order valence-electron chi connectivity index (χ3n) is 4.97. The highest BCUT2D eigenvalue weighted by molar-refractivity contribution is 7.90. The van der Waals surface area contributed by atoms with Crippen molar-refractivity contribution in [1.82, 2.24) is 14.4 Å². The molecule has 2 atom stereocenters. The number of hydrogen-bond acceptors (Lipinski definition) is 5. The molecular weight excluding hydrogens is 306 g/mol. The molecule has 4 rings (SSSR count). The van der Waals surface area contributed by atoms with Gasteiger partial charge in [-0.2, -0.15) is 4.31 Å². The topological polar surface area (TPSA) is 83.7 Å². The highest BCUT2D eigenvalue weighted by Crippen LogP contribution is 2.37. The number of hydrogen-bond donors (Lipinski definition) is 0. The molecule has 3 aliphatic rings. The van der Waals surface area contributed by atoms with Gasteiger partial charge in [0.25, 0.3) is 5.91 Å². The first-order chi connectivity index (χ1) is 10.5. The Morgan fingerprint density at radius 2 is 1.86 bits per heavy atom. The lowest BCUT2D eigenvalue weighted by molar-refractivity contribution is 0.0540. The van der Waals surface area contributed by atoms with Gasteiger partial charge in [-0.05, 0) is 32.6 Å². The van der Waals surface area contributed by atoms with Crippen molar-refractivity contribution in [2.24, 2.45) is 0 Å². The van der Waals surface area contributed by atoms with Crippen molar-refractivity contribution in [2.45, 2.75) is 49.9 Å². The van der Waals surface area contributed by atoms with Crippen LogP contribution in [0.3, 0.4) is 0 Å². The minimum atomic E-state index is -3.16. The molecule has 0 aromatic carbocycles. The van der Waals surface area contributed by atoms with E-state index in [4.69, 9.17) is 4.52 Å². The maximum Gasteiger partial charge on any atom is 0.259 e. The van der Waals surface area contributed by atoms with E-state index in [9.17, 15) is 13.2 Å². The van der Waals surface area contributed by atoms with Gasteiger partial charge in [0.05, 0.1) is 11.4 Å². The van der Waals surface area contributed by atoms with E-state index in [-0.39, 0.29) is 23.2 Å². The van der Waals surface area contributed by atoms with Crippen LogP contribution in [0.2, 0.25) is 0 Å². The molecule has 3 fully saturated rings. The molecule has 2 aliphatic heterocycles. The van der Waals surface area contributed by atoms with Crippen LogP contribution in [0.25, 0.3) is 0 Å². The first-order valence-electron chi connectivity index (χ1n) is 7.71. The molecule has 7 nitrogen and oxygen atoms in total. The molecule has 1 aliphatic carbocycles. The van der Waals surface area contributed by atoms with Gasteiger partial charge < -0.3 is 9.42 Å². The Morgan fingerprint density at radius 3 is 2.36 bits per heavy atom. The molecule has 0 N–H and O–H groups in total. The molecule has 120 valence electrons. The van der Waals surface area contributed by atoms with Gasteiger partial charge in [0.15, 0.2) is 0 Å². The van der Waals surface area contributed by atoms with Crippen molar-refractivity contribution < 1.29 is 17.7 Å². The zero-order chi connectivity index (χ0) is 15.5. The van der Waals surface area contributed by atoms with Crippen LogP contribution in [0.1, 0.15) is 41.8 Å². The fourth-order valence-electron chi connectivity index (χ4n) is 3.62. The Kier molecular flexibility index (Phi) is 3.09. The quantitative estimate of drug-likeness (QED) is 0.819. The van der Waals surface area contributed by atoms with Gasteiger partial charge in [0, 0.05) is 25.2 Å². The van der Waals surface area contributed by atoms with Crippen LogP contribution in [0.15, 0.2) is 10.7 Å². The van der Waals surface area contributed by atoms with Gasteiger partial charge in [-0.15, -0.1) is 0 Å². The van der Waals surface area contributed by atoms with Crippen molar-refractivity contribution >= 4 is 15.9 Å². The van der Waals surface area contributed by atoms with E-state index in [0.29, 0.717) is 24.4 Å². The average Bonchev–Trinajstić information content (AvgIpc) is 3.21. The smallest absolute Gasteiger partial charge is 0.259 e. The summed E-state index contributed by atoms with van der Waals surface area (Å²) < 4.78 is 31.4. The number of sulfonamides is 1. The summed E-state index contributed by atoms with van der Waals surface area (Å²) >= 11 is 0. The average molecular weight is 325 g/mol. The van der Waals surface area contributed by atoms with Crippen LogP contribution < -0.4 is 0 Å². The monoisotopic (exact) mass is 325 g/mol. The van der Waals surface area contributed by atoms with Crippen molar-refractivity contribution in [1.29, 1.82) is 0 Å². The highest BCUT2D eigenvalue weighted by Gasteiger charge is 2.49. The summed E-state index contributed by atoms with van der Waals surface area (Å²) in [5.41, 5.74) is 0.482. The predicted octanol–water partition coefficient (Wildman–Crippen LogP) is 0.764. The second-order valence-electron chi connectivity index (χ2n) is 6.45. The summed E-state index contributed by atoms with van der Waals surface area (Å²) in [4.78, 5) is 14.5. The normalized spacial score (nSPS) is 29.0. The van der Waals surface area contributed by atoms with Crippen molar-refractivity contribution in [3.05, 3.63) is 17.5 Å². The lowest BCUT2D eigenvalue weighted by Crippen LogP contribution is -2.57. The predicted molar refractivity (Wildman–Crippen MR) is 77.7 cm³/mol. The largest absolute Gasteiger partial charge is 0.361 e. The number of amides is 1. The lowest BCUT2D eigenvalue weighted by atomic mass is 10.1. The third-order valence-corrected chi connectivity index (χ3v) is 7.30. The molecule has 1 aromatic rings. The van der Waals surface area contributed by atoms with E-state index >= 15 is 0 Å². The maximum absolute atomic E-state index is 12.7. The SMILES string of the molecule is Cc1oncc1C(=O)N1C2CCC1CN(S(=O)(=O)C1CC1)C2. The molecule has 2 unspecified atom stereocenters. The van der Waals surface area contributed by atoms with Crippen molar-refractivity contribution in [3.63, 3.8) is 0 Å². The lowest BCUT2D eigenvalue weighted by Gasteiger charge is -2.40. The van der Waals surface area contributed by atoms with Crippen LogP contribution in [0.4, 0.5) is 0 Å². The summed E-state index contributed by atoms with van der Waals surface area (Å²) in [6.45, 7) is 2.56. The minimum Gasteiger partial charge on any atom is -0.361 e. The summed E-state index contributed by atoms with van der Waals surface area (Å²) in [7, 11) is -3.16. The van der Waals surface area contributed by atoms with Crippen LogP contribution in [-0.4, -0.2) is 59.1 Å². The van der Waals surface area contributed by atoms with Gasteiger partial charge in [0.1, 0.15) is 11.3 Å². The van der Waals surface area contributed by atoms with Crippen molar-refractivity contribution in [3.8, 4) is 0 Å². The maximum atomic E-state index is 12.7. The number of fused-ring (bicyclic) bond motifs is 2. The first-order valence-corrected chi connectivity index (χ1v) is 9.21. The van der Waals surface area contributed by atoms with Crippen LogP contribution >= 0.6 is 0 Å². The van der Waals surface area contributed by atoms with Gasteiger partial charge >= 0.3 is 0 Å². The number of carbonyl (C=O) groups is 1. The van der Waals surface area contributed by atoms with E-state index in [2.05, 4.69) is 5.16 Å². The molecule has 0 radical (unpaired) electrons. The molecule has 3 heterocycles. The molecular formula is C14H19N3O4S. The second-order valence-corrected chi connectivity index (χ2v) is 8.67. The summed E-state index contributed by atoms with van der Waals surface area (Å²) in [6, 6.07) is -0.0665. The molecule has 8 heteroatoms. The van der Waals surface area contributed by atoms with E-state index in [1.165, 1.54) is 6.20 Å². The zero-order valence-corrected chi connectivity index (χ0v) is 13.3. The minimum absolute atomic E-state index is 0.0333. The van der Waals surface area contributed by atoms with Crippen LogP contribution in [0.5, 0.6) is 0 Å². The van der Waals surface area contributed by atoms with Crippen LogP contribution in [0, 0.1) is 6.92 Å². The Labute approximate surface area is 129 Å².